The van der Waals surface area contributed by atoms with E-state index in [1.54, 1.807) is 6.92 Å². The van der Waals surface area contributed by atoms with Crippen molar-refractivity contribution in [2.45, 2.75) is 26.4 Å². The van der Waals surface area contributed by atoms with E-state index < -0.39 is 0 Å². The second-order valence-corrected chi connectivity index (χ2v) is 6.39. The molecule has 0 amide bonds. The summed E-state index contributed by atoms with van der Waals surface area (Å²) in [5.41, 5.74) is 0.394. The number of carbonyl (C=O) groups excluding carboxylic acids is 1. The summed E-state index contributed by atoms with van der Waals surface area (Å²) in [6.45, 7) is 2.22. The third-order valence-electron chi connectivity index (χ3n) is 3.31. The van der Waals surface area contributed by atoms with Crippen molar-refractivity contribution in [3.63, 3.8) is 0 Å². The van der Waals surface area contributed by atoms with Gasteiger partial charge in [0.1, 0.15) is 12.4 Å². The molecule has 3 rings (SSSR count). The minimum atomic E-state index is -0.326. The Kier molecular flexibility index (Phi) is 5.39. The number of hydrogen-bond donors (Lipinski definition) is 0. The number of hydrogen-bond acceptors (Lipinski definition) is 7. The molecule has 1 aromatic carbocycles. The van der Waals surface area contributed by atoms with Crippen molar-refractivity contribution in [3.05, 3.63) is 57.5 Å². The van der Waals surface area contributed by atoms with Crippen LogP contribution in [0.15, 0.2) is 41.2 Å². The van der Waals surface area contributed by atoms with Gasteiger partial charge in [0.15, 0.2) is 5.01 Å². The van der Waals surface area contributed by atoms with Gasteiger partial charge in [-0.1, -0.05) is 29.5 Å². The van der Waals surface area contributed by atoms with Gasteiger partial charge in [-0.05, 0) is 25.5 Å². The molecule has 0 unspecified atom stereocenters. The zero-order valence-corrected chi connectivity index (χ0v) is 14.5. The molecule has 3 aromatic rings. The highest BCUT2D eigenvalue weighted by molar-refractivity contribution is 7.16. The van der Waals surface area contributed by atoms with E-state index in [9.17, 15) is 9.59 Å². The number of esters is 1. The summed E-state index contributed by atoms with van der Waals surface area (Å²) in [5, 5.41) is 4.65. The van der Waals surface area contributed by atoms with Gasteiger partial charge in [0.2, 0.25) is 4.96 Å². The van der Waals surface area contributed by atoms with Crippen molar-refractivity contribution in [2.75, 3.05) is 6.61 Å². The standard InChI is InChI=1S/C17H17N3O4S/c1-12-10-15(21)20-17(18-12)25-14(19-20)11-24-16(22)8-5-9-23-13-6-3-2-4-7-13/h2-4,6-7,10H,5,8-9,11H2,1H3. The van der Waals surface area contributed by atoms with E-state index in [1.165, 1.54) is 21.9 Å². The van der Waals surface area contributed by atoms with Crippen LogP contribution in [0, 0.1) is 6.92 Å². The van der Waals surface area contributed by atoms with Crippen LogP contribution in [-0.4, -0.2) is 27.2 Å². The molecule has 0 aliphatic heterocycles. The Morgan fingerprint density at radius 3 is 2.88 bits per heavy atom. The molecule has 25 heavy (non-hydrogen) atoms. The first-order valence-electron chi connectivity index (χ1n) is 7.82. The zero-order chi connectivity index (χ0) is 17.6. The largest absolute Gasteiger partial charge is 0.494 e. The molecular formula is C17H17N3O4S. The van der Waals surface area contributed by atoms with E-state index in [2.05, 4.69) is 10.1 Å². The summed E-state index contributed by atoms with van der Waals surface area (Å²) in [4.78, 5) is 28.3. The van der Waals surface area contributed by atoms with Gasteiger partial charge in [0, 0.05) is 18.2 Å². The molecule has 130 valence electrons. The molecule has 0 N–H and O–H groups in total. The SMILES string of the molecule is Cc1cc(=O)n2nc(COC(=O)CCCOc3ccccc3)sc2n1. The second kappa shape index (κ2) is 7.89. The fourth-order valence-corrected chi connectivity index (χ4v) is 3.01. The zero-order valence-electron chi connectivity index (χ0n) is 13.7. The van der Waals surface area contributed by atoms with E-state index in [4.69, 9.17) is 9.47 Å². The fraction of sp³-hybridized carbons (Fsp3) is 0.294. The van der Waals surface area contributed by atoms with Gasteiger partial charge in [-0.15, -0.1) is 0 Å². The molecule has 0 radical (unpaired) electrons. The lowest BCUT2D eigenvalue weighted by molar-refractivity contribution is -0.145. The normalized spacial score (nSPS) is 10.8. The van der Waals surface area contributed by atoms with E-state index in [0.717, 1.165) is 5.75 Å². The Morgan fingerprint density at radius 1 is 1.28 bits per heavy atom. The van der Waals surface area contributed by atoms with Crippen LogP contribution in [0.2, 0.25) is 0 Å². The van der Waals surface area contributed by atoms with Crippen molar-refractivity contribution < 1.29 is 14.3 Å². The van der Waals surface area contributed by atoms with Crippen molar-refractivity contribution in [2.24, 2.45) is 0 Å². The lowest BCUT2D eigenvalue weighted by atomic mass is 10.3. The van der Waals surface area contributed by atoms with Crippen LogP contribution >= 0.6 is 11.3 Å². The number of fused-ring (bicyclic) bond motifs is 1. The molecule has 0 aliphatic carbocycles. The van der Waals surface area contributed by atoms with Crippen LogP contribution in [0.25, 0.3) is 4.96 Å². The maximum atomic E-state index is 11.8. The fourth-order valence-electron chi connectivity index (χ4n) is 2.16. The smallest absolute Gasteiger partial charge is 0.306 e. The molecule has 2 heterocycles. The van der Waals surface area contributed by atoms with Crippen LogP contribution < -0.4 is 10.3 Å². The van der Waals surface area contributed by atoms with Crippen molar-refractivity contribution in [1.82, 2.24) is 14.6 Å². The molecule has 0 bridgehead atoms. The number of nitrogens with zero attached hydrogens (tertiary/aromatic N) is 3. The van der Waals surface area contributed by atoms with Gasteiger partial charge in [0.05, 0.1) is 6.61 Å². The van der Waals surface area contributed by atoms with Crippen LogP contribution in [0.4, 0.5) is 0 Å². The minimum Gasteiger partial charge on any atom is -0.494 e. The van der Waals surface area contributed by atoms with Crippen molar-refractivity contribution >= 4 is 22.3 Å². The van der Waals surface area contributed by atoms with Crippen LogP contribution in [0.3, 0.4) is 0 Å². The number of aryl methyl sites for hydroxylation is 1. The molecule has 0 saturated heterocycles. The number of para-hydroxylation sites is 1. The Labute approximate surface area is 147 Å². The first-order chi connectivity index (χ1) is 12.1. The Bertz CT molecular complexity index is 921. The molecular weight excluding hydrogens is 342 g/mol. The average molecular weight is 359 g/mol. The Hall–Kier alpha value is -2.74. The maximum Gasteiger partial charge on any atom is 0.306 e. The van der Waals surface area contributed by atoms with Gasteiger partial charge in [-0.3, -0.25) is 9.59 Å². The van der Waals surface area contributed by atoms with Crippen LogP contribution in [0.5, 0.6) is 5.75 Å². The molecule has 0 saturated carbocycles. The van der Waals surface area contributed by atoms with Gasteiger partial charge in [0.25, 0.3) is 5.56 Å². The first-order valence-corrected chi connectivity index (χ1v) is 8.63. The molecule has 0 spiro atoms. The van der Waals surface area contributed by atoms with Crippen LogP contribution in [-0.2, 0) is 16.1 Å². The number of rotatable bonds is 7. The van der Waals surface area contributed by atoms with Gasteiger partial charge in [-0.2, -0.15) is 9.61 Å². The van der Waals surface area contributed by atoms with Gasteiger partial charge in [-0.25, -0.2) is 4.98 Å². The number of ether oxygens (including phenoxy) is 2. The van der Waals surface area contributed by atoms with Crippen molar-refractivity contribution in [1.29, 1.82) is 0 Å². The summed E-state index contributed by atoms with van der Waals surface area (Å²) >= 11 is 1.23. The van der Waals surface area contributed by atoms with E-state index >= 15 is 0 Å². The van der Waals surface area contributed by atoms with Gasteiger partial charge >= 0.3 is 5.97 Å². The highest BCUT2D eigenvalue weighted by Gasteiger charge is 2.10. The predicted molar refractivity (Wildman–Crippen MR) is 92.8 cm³/mol. The summed E-state index contributed by atoms with van der Waals surface area (Å²) in [5.74, 6) is 0.450. The highest BCUT2D eigenvalue weighted by Crippen LogP contribution is 2.13. The van der Waals surface area contributed by atoms with E-state index in [-0.39, 0.29) is 24.6 Å². The Balaban J connectivity index is 1.44. The number of benzene rings is 1. The summed E-state index contributed by atoms with van der Waals surface area (Å²) in [6.07, 6.45) is 0.822. The van der Waals surface area contributed by atoms with Gasteiger partial charge < -0.3 is 9.47 Å². The minimum absolute atomic E-state index is 0.0326. The number of aromatic nitrogens is 3. The maximum absolute atomic E-state index is 11.8. The molecule has 0 fully saturated rings. The molecule has 7 nitrogen and oxygen atoms in total. The molecule has 2 aromatic heterocycles. The lowest BCUT2D eigenvalue weighted by Crippen LogP contribution is -2.14. The summed E-state index contributed by atoms with van der Waals surface area (Å²) in [6, 6.07) is 10.8. The number of carbonyl (C=O) groups is 1. The van der Waals surface area contributed by atoms with Crippen molar-refractivity contribution in [3.8, 4) is 5.75 Å². The lowest BCUT2D eigenvalue weighted by Gasteiger charge is -2.05. The van der Waals surface area contributed by atoms with E-state index in [0.29, 0.717) is 28.7 Å². The monoisotopic (exact) mass is 359 g/mol. The Morgan fingerprint density at radius 2 is 2.08 bits per heavy atom. The van der Waals surface area contributed by atoms with E-state index in [1.807, 2.05) is 30.3 Å². The first kappa shape index (κ1) is 17.1. The second-order valence-electron chi connectivity index (χ2n) is 5.35. The third-order valence-corrected chi connectivity index (χ3v) is 4.19. The molecule has 8 heteroatoms. The highest BCUT2D eigenvalue weighted by atomic mass is 32.1. The average Bonchev–Trinajstić information content (AvgIpc) is 3.01. The summed E-state index contributed by atoms with van der Waals surface area (Å²) in [7, 11) is 0. The molecule has 0 atom stereocenters. The topological polar surface area (TPSA) is 82.8 Å². The van der Waals surface area contributed by atoms with Crippen LogP contribution in [0.1, 0.15) is 23.5 Å². The quantitative estimate of drug-likeness (QED) is 0.476. The predicted octanol–water partition coefficient (Wildman–Crippen LogP) is 2.36. The third kappa shape index (κ3) is 4.63. The summed E-state index contributed by atoms with van der Waals surface area (Å²) < 4.78 is 11.9. The molecule has 0 aliphatic rings.